The Balaban J connectivity index is 2.33. The zero-order chi connectivity index (χ0) is 10.8. The van der Waals surface area contributed by atoms with Crippen molar-refractivity contribution in [2.75, 3.05) is 16.6 Å². The van der Waals surface area contributed by atoms with E-state index in [1.54, 1.807) is 10.4 Å². The number of aldehydes is 1. The van der Waals surface area contributed by atoms with Crippen LogP contribution in [0.4, 0.5) is 10.1 Å². The maximum atomic E-state index is 13.3. The van der Waals surface area contributed by atoms with Gasteiger partial charge in [0.1, 0.15) is 16.8 Å². The van der Waals surface area contributed by atoms with Crippen LogP contribution in [0.15, 0.2) is 18.2 Å². The number of hydrogen-bond donors (Lipinski definition) is 0. The molecule has 1 unspecified atom stereocenters. The smallest absolute Gasteiger partial charge is 0.152 e. The number of carbonyl (C=O) groups is 1. The Kier molecular flexibility index (Phi) is 2.81. The molecule has 1 aliphatic heterocycles. The van der Waals surface area contributed by atoms with E-state index >= 15 is 0 Å². The minimum Gasteiger partial charge on any atom is -0.298 e. The Bertz CT molecular complexity index is 422. The van der Waals surface area contributed by atoms with E-state index in [1.807, 2.05) is 0 Å². The number of benzene rings is 1. The minimum atomic E-state index is -1.05. The van der Waals surface area contributed by atoms with Gasteiger partial charge in [-0.25, -0.2) is 8.60 Å². The lowest BCUT2D eigenvalue weighted by Crippen LogP contribution is -2.19. The summed E-state index contributed by atoms with van der Waals surface area (Å²) in [5, 5.41) is 0. The summed E-state index contributed by atoms with van der Waals surface area (Å²) in [5.41, 5.74) is 0.609. The molecule has 0 aromatic heterocycles. The topological polar surface area (TPSA) is 37.4 Å². The predicted octanol–water partition coefficient (Wildman–Crippen LogP) is 1.51. The first-order valence-corrected chi connectivity index (χ1v) is 5.90. The third-order valence-electron chi connectivity index (χ3n) is 2.32. The molecule has 1 aromatic carbocycles. The van der Waals surface area contributed by atoms with Crippen LogP contribution in [0, 0.1) is 5.82 Å². The van der Waals surface area contributed by atoms with Gasteiger partial charge in [-0.2, -0.15) is 0 Å². The number of nitrogens with zero attached hydrogens (tertiary/aromatic N) is 1. The van der Waals surface area contributed by atoms with E-state index in [9.17, 15) is 13.4 Å². The van der Waals surface area contributed by atoms with Gasteiger partial charge < -0.3 is 0 Å². The average Bonchev–Trinajstić information content (AvgIpc) is 2.64. The second-order valence-electron chi connectivity index (χ2n) is 3.30. The number of carbonyl (C=O) groups excluding carboxylic acids is 1. The van der Waals surface area contributed by atoms with Gasteiger partial charge in [0.05, 0.1) is 11.3 Å². The van der Waals surface area contributed by atoms with E-state index in [2.05, 4.69) is 0 Å². The molecule has 15 heavy (non-hydrogen) atoms. The lowest BCUT2D eigenvalue weighted by Gasteiger charge is -2.15. The van der Waals surface area contributed by atoms with Crippen LogP contribution in [-0.4, -0.2) is 22.8 Å². The molecule has 0 amide bonds. The summed E-state index contributed by atoms with van der Waals surface area (Å²) >= 11 is 0. The average molecular weight is 227 g/mol. The van der Waals surface area contributed by atoms with Crippen LogP contribution >= 0.6 is 0 Å². The summed E-state index contributed by atoms with van der Waals surface area (Å²) in [5.74, 6) is 0.0586. The van der Waals surface area contributed by atoms with Crippen molar-refractivity contribution >= 4 is 23.0 Å². The van der Waals surface area contributed by atoms with Gasteiger partial charge in [-0.15, -0.1) is 0 Å². The zero-order valence-electron chi connectivity index (χ0n) is 7.98. The summed E-state index contributed by atoms with van der Waals surface area (Å²) in [6.45, 7) is 0.673. The van der Waals surface area contributed by atoms with Crippen molar-refractivity contribution in [1.82, 2.24) is 0 Å². The highest BCUT2D eigenvalue weighted by Gasteiger charge is 2.21. The maximum Gasteiger partial charge on any atom is 0.152 e. The second-order valence-corrected chi connectivity index (χ2v) is 4.80. The third kappa shape index (κ3) is 1.92. The Hall–Kier alpha value is -1.23. The molecular formula is C10H10FNO2S. The van der Waals surface area contributed by atoms with E-state index in [4.69, 9.17) is 0 Å². The molecule has 5 heteroatoms. The minimum absolute atomic E-state index is 0.0312. The van der Waals surface area contributed by atoms with Gasteiger partial charge in [0.15, 0.2) is 6.29 Å². The van der Waals surface area contributed by atoms with Crippen molar-refractivity contribution < 1.29 is 13.4 Å². The molecule has 1 saturated heterocycles. The molecular weight excluding hydrogens is 217 g/mol. The predicted molar refractivity (Wildman–Crippen MR) is 56.8 cm³/mol. The molecule has 1 aliphatic rings. The van der Waals surface area contributed by atoms with Crippen LogP contribution < -0.4 is 4.31 Å². The summed E-state index contributed by atoms with van der Waals surface area (Å²) in [6.07, 6.45) is 1.32. The molecule has 0 aliphatic carbocycles. The molecule has 2 rings (SSSR count). The van der Waals surface area contributed by atoms with Crippen molar-refractivity contribution in [3.05, 3.63) is 29.6 Å². The second kappa shape index (κ2) is 4.10. The van der Waals surface area contributed by atoms with E-state index in [1.165, 1.54) is 12.1 Å². The summed E-state index contributed by atoms with van der Waals surface area (Å²) in [4.78, 5) is 10.4. The number of anilines is 1. The fraction of sp³-hybridized carbons (Fsp3) is 0.300. The number of halogens is 1. The highest BCUT2D eigenvalue weighted by molar-refractivity contribution is 7.86. The molecule has 3 nitrogen and oxygen atoms in total. The van der Waals surface area contributed by atoms with Crippen LogP contribution in [0.2, 0.25) is 0 Å². The number of hydrogen-bond acceptors (Lipinski definition) is 2. The fourth-order valence-electron chi connectivity index (χ4n) is 1.56. The first-order chi connectivity index (χ1) is 7.22. The van der Waals surface area contributed by atoms with Gasteiger partial charge in [-0.1, -0.05) is 0 Å². The van der Waals surface area contributed by atoms with Crippen molar-refractivity contribution in [2.45, 2.75) is 6.42 Å². The first-order valence-electron chi connectivity index (χ1n) is 4.63. The molecule has 1 fully saturated rings. The molecule has 0 radical (unpaired) electrons. The summed E-state index contributed by atoms with van der Waals surface area (Å²) in [7, 11) is -1.05. The highest BCUT2D eigenvalue weighted by Crippen LogP contribution is 2.23. The van der Waals surface area contributed by atoms with E-state index in [0.717, 1.165) is 6.42 Å². The molecule has 1 heterocycles. The quantitative estimate of drug-likeness (QED) is 0.718. The van der Waals surface area contributed by atoms with Crippen molar-refractivity contribution in [3.63, 3.8) is 0 Å². The van der Waals surface area contributed by atoms with Gasteiger partial charge >= 0.3 is 0 Å². The van der Waals surface area contributed by atoms with Crippen LogP contribution in [0.1, 0.15) is 16.8 Å². The van der Waals surface area contributed by atoms with Crippen LogP contribution in [-0.2, 0) is 11.0 Å². The van der Waals surface area contributed by atoms with Crippen LogP contribution in [0.5, 0.6) is 0 Å². The highest BCUT2D eigenvalue weighted by atomic mass is 32.2. The number of rotatable bonds is 2. The van der Waals surface area contributed by atoms with Crippen molar-refractivity contribution in [2.24, 2.45) is 0 Å². The maximum absolute atomic E-state index is 13.3. The molecule has 0 bridgehead atoms. The molecule has 0 N–H and O–H groups in total. The Morgan fingerprint density at radius 3 is 2.80 bits per heavy atom. The molecule has 80 valence electrons. The normalized spacial score (nSPS) is 20.6. The van der Waals surface area contributed by atoms with Crippen molar-refractivity contribution in [3.8, 4) is 0 Å². The fourth-order valence-corrected chi connectivity index (χ4v) is 2.83. The Labute approximate surface area is 89.5 Å². The van der Waals surface area contributed by atoms with Gasteiger partial charge in [-0.05, 0) is 24.6 Å². The SMILES string of the molecule is O=Cc1ccc(N2CCCS2=O)cc1F. The first kappa shape index (κ1) is 10.3. The van der Waals surface area contributed by atoms with Crippen LogP contribution in [0.3, 0.4) is 0 Å². The van der Waals surface area contributed by atoms with Crippen LogP contribution in [0.25, 0.3) is 0 Å². The van der Waals surface area contributed by atoms with Crippen molar-refractivity contribution in [1.29, 1.82) is 0 Å². The molecule has 0 spiro atoms. The molecule has 1 aromatic rings. The zero-order valence-corrected chi connectivity index (χ0v) is 8.80. The van der Waals surface area contributed by atoms with E-state index < -0.39 is 16.8 Å². The Morgan fingerprint density at radius 2 is 2.27 bits per heavy atom. The lowest BCUT2D eigenvalue weighted by molar-refractivity contribution is 0.112. The largest absolute Gasteiger partial charge is 0.298 e. The monoisotopic (exact) mass is 227 g/mol. The van der Waals surface area contributed by atoms with Gasteiger partial charge in [0.25, 0.3) is 0 Å². The van der Waals surface area contributed by atoms with E-state index in [-0.39, 0.29) is 5.56 Å². The Morgan fingerprint density at radius 1 is 1.47 bits per heavy atom. The summed E-state index contributed by atoms with van der Waals surface area (Å²) < 4.78 is 26.4. The third-order valence-corrected chi connectivity index (χ3v) is 3.85. The standard InChI is InChI=1S/C10H10FNO2S/c11-10-6-9(3-2-8(10)7-13)12-4-1-5-15(12)14/h2-3,6-7H,1,4-5H2. The molecule has 0 saturated carbocycles. The van der Waals surface area contributed by atoms with E-state index in [0.29, 0.717) is 24.3 Å². The summed E-state index contributed by atoms with van der Waals surface area (Å²) in [6, 6.07) is 4.29. The lowest BCUT2D eigenvalue weighted by atomic mass is 10.2. The molecule has 1 atom stereocenters. The van der Waals surface area contributed by atoms with Gasteiger partial charge in [-0.3, -0.25) is 9.10 Å². The van der Waals surface area contributed by atoms with Gasteiger partial charge in [0, 0.05) is 12.3 Å². The van der Waals surface area contributed by atoms with Gasteiger partial charge in [0.2, 0.25) is 0 Å².